The minimum absolute atomic E-state index is 0.223. The number of nitro groups is 1. The van der Waals surface area contributed by atoms with Gasteiger partial charge in [0.05, 0.1) is 9.82 Å². The number of hydrogen-bond acceptors (Lipinski definition) is 6. The molecule has 1 amide bonds. The fraction of sp³-hybridized carbons (Fsp3) is 0.174. The third-order valence-corrected chi connectivity index (χ3v) is 6.27. The predicted molar refractivity (Wildman–Crippen MR) is 127 cm³/mol. The number of hydrogen-bond donors (Lipinski definition) is 2. The monoisotopic (exact) mass is 468 g/mol. The van der Waals surface area contributed by atoms with Crippen LogP contribution in [-0.4, -0.2) is 39.4 Å². The molecule has 0 atom stereocenters. The third kappa shape index (κ3) is 6.53. The molecule has 0 fully saturated rings. The zero-order valence-electron chi connectivity index (χ0n) is 18.0. The summed E-state index contributed by atoms with van der Waals surface area (Å²) in [6.45, 7) is 1.28. The van der Waals surface area contributed by atoms with Crippen LogP contribution in [0.4, 0.5) is 17.1 Å². The number of nitro benzene ring substituents is 1. The van der Waals surface area contributed by atoms with Gasteiger partial charge in [0.2, 0.25) is 0 Å². The third-order valence-electron chi connectivity index (χ3n) is 4.89. The maximum atomic E-state index is 12.5. The number of benzene rings is 3. The molecule has 172 valence electrons. The Labute approximate surface area is 192 Å². The highest BCUT2D eigenvalue weighted by Crippen LogP contribution is 2.21. The summed E-state index contributed by atoms with van der Waals surface area (Å²) in [6, 6.07) is 20.7. The average molecular weight is 469 g/mol. The van der Waals surface area contributed by atoms with E-state index in [0.717, 1.165) is 24.7 Å². The van der Waals surface area contributed by atoms with Crippen molar-refractivity contribution in [2.24, 2.45) is 0 Å². The molecule has 0 aliphatic rings. The Kier molecular flexibility index (Phi) is 7.62. The van der Waals surface area contributed by atoms with Gasteiger partial charge in [-0.15, -0.1) is 0 Å². The van der Waals surface area contributed by atoms with Gasteiger partial charge in [-0.05, 0) is 48.9 Å². The summed E-state index contributed by atoms with van der Waals surface area (Å²) in [7, 11) is -2.02. The van der Waals surface area contributed by atoms with Gasteiger partial charge < -0.3 is 10.2 Å². The smallest absolute Gasteiger partial charge is 0.270 e. The molecule has 0 saturated carbocycles. The number of rotatable bonds is 10. The van der Waals surface area contributed by atoms with E-state index in [1.807, 2.05) is 37.4 Å². The first-order valence-corrected chi connectivity index (χ1v) is 11.7. The zero-order chi connectivity index (χ0) is 23.8. The van der Waals surface area contributed by atoms with Gasteiger partial charge in [-0.2, -0.15) is 0 Å². The molecule has 10 heteroatoms. The van der Waals surface area contributed by atoms with E-state index in [1.165, 1.54) is 42.5 Å². The lowest BCUT2D eigenvalue weighted by Crippen LogP contribution is -2.28. The molecular formula is C23H24N4O5S. The van der Waals surface area contributed by atoms with Gasteiger partial charge in [0, 0.05) is 49.2 Å². The van der Waals surface area contributed by atoms with Crippen LogP contribution in [0.15, 0.2) is 83.8 Å². The molecule has 0 radical (unpaired) electrons. The standard InChI is InChI=1S/C23H24N4O5S/c1-26(20-7-3-2-4-8-20)16-6-15-24-23(28)18-11-13-19(14-12-18)25-33(31,32)22-10-5-9-21(17-22)27(29)30/h2-5,7-14,17,25H,6,15-16H2,1H3,(H,24,28). The molecular weight excluding hydrogens is 444 g/mol. The fourth-order valence-electron chi connectivity index (χ4n) is 3.10. The van der Waals surface area contributed by atoms with Crippen LogP contribution in [0.1, 0.15) is 16.8 Å². The van der Waals surface area contributed by atoms with Gasteiger partial charge in [-0.1, -0.05) is 24.3 Å². The number of anilines is 2. The topological polar surface area (TPSA) is 122 Å². The molecule has 33 heavy (non-hydrogen) atoms. The number of non-ortho nitro benzene ring substituents is 1. The minimum atomic E-state index is -4.01. The molecule has 0 aromatic heterocycles. The molecule has 9 nitrogen and oxygen atoms in total. The van der Waals surface area contributed by atoms with E-state index in [1.54, 1.807) is 0 Å². The van der Waals surface area contributed by atoms with Crippen molar-refractivity contribution in [3.63, 3.8) is 0 Å². The van der Waals surface area contributed by atoms with Crippen molar-refractivity contribution in [3.05, 3.63) is 94.5 Å². The average Bonchev–Trinajstić information content (AvgIpc) is 2.82. The first-order chi connectivity index (χ1) is 15.8. The number of amides is 1. The summed E-state index contributed by atoms with van der Waals surface area (Å²) in [5.74, 6) is -0.259. The molecule has 0 spiro atoms. The Morgan fingerprint density at radius 1 is 1.00 bits per heavy atom. The highest BCUT2D eigenvalue weighted by molar-refractivity contribution is 7.92. The molecule has 3 aromatic carbocycles. The van der Waals surface area contributed by atoms with Crippen molar-refractivity contribution in [1.29, 1.82) is 0 Å². The SMILES string of the molecule is CN(CCCNC(=O)c1ccc(NS(=O)(=O)c2cccc([N+](=O)[O-])c2)cc1)c1ccccc1. The molecule has 3 rings (SSSR count). The molecule has 0 aliphatic carbocycles. The van der Waals surface area contributed by atoms with Crippen molar-refractivity contribution in [2.45, 2.75) is 11.3 Å². The van der Waals surface area contributed by atoms with Crippen molar-refractivity contribution in [1.82, 2.24) is 5.32 Å². The molecule has 0 unspecified atom stereocenters. The first kappa shape index (κ1) is 23.7. The quantitative estimate of drug-likeness (QED) is 0.266. The number of sulfonamides is 1. The van der Waals surface area contributed by atoms with Gasteiger partial charge in [-0.25, -0.2) is 8.42 Å². The Bertz CT molecular complexity index is 1220. The molecule has 3 aromatic rings. The second kappa shape index (κ2) is 10.6. The predicted octanol–water partition coefficient (Wildman–Crippen LogP) is 3.65. The van der Waals surface area contributed by atoms with Gasteiger partial charge in [0.25, 0.3) is 21.6 Å². The largest absolute Gasteiger partial charge is 0.375 e. The number of carbonyl (C=O) groups excluding carboxylic acids is 1. The molecule has 0 aliphatic heterocycles. The van der Waals surface area contributed by atoms with E-state index in [-0.39, 0.29) is 22.2 Å². The molecule has 2 N–H and O–H groups in total. The van der Waals surface area contributed by atoms with Gasteiger partial charge in [0.15, 0.2) is 0 Å². The van der Waals surface area contributed by atoms with Gasteiger partial charge in [0.1, 0.15) is 0 Å². The van der Waals surface area contributed by atoms with E-state index >= 15 is 0 Å². The Hall–Kier alpha value is -3.92. The number of nitrogens with one attached hydrogen (secondary N) is 2. The zero-order valence-corrected chi connectivity index (χ0v) is 18.8. The molecule has 0 saturated heterocycles. The van der Waals surface area contributed by atoms with Crippen LogP contribution in [-0.2, 0) is 10.0 Å². The van der Waals surface area contributed by atoms with Crippen molar-refractivity contribution in [3.8, 4) is 0 Å². The van der Waals surface area contributed by atoms with Crippen LogP contribution in [0, 0.1) is 10.1 Å². The Balaban J connectivity index is 1.52. The van der Waals surface area contributed by atoms with Crippen LogP contribution in [0.25, 0.3) is 0 Å². The van der Waals surface area contributed by atoms with Gasteiger partial charge in [-0.3, -0.25) is 19.6 Å². The Morgan fingerprint density at radius 2 is 1.70 bits per heavy atom. The maximum Gasteiger partial charge on any atom is 0.270 e. The maximum absolute atomic E-state index is 12.5. The fourth-order valence-corrected chi connectivity index (χ4v) is 4.20. The lowest BCUT2D eigenvalue weighted by Gasteiger charge is -2.19. The lowest BCUT2D eigenvalue weighted by atomic mass is 10.2. The Morgan fingerprint density at radius 3 is 2.36 bits per heavy atom. The van der Waals surface area contributed by atoms with Crippen LogP contribution < -0.4 is 14.9 Å². The van der Waals surface area contributed by atoms with E-state index < -0.39 is 14.9 Å². The summed E-state index contributed by atoms with van der Waals surface area (Å²) in [4.78, 5) is 24.5. The highest BCUT2D eigenvalue weighted by Gasteiger charge is 2.18. The van der Waals surface area contributed by atoms with Crippen molar-refractivity contribution < 1.29 is 18.1 Å². The van der Waals surface area contributed by atoms with Crippen LogP contribution in [0.3, 0.4) is 0 Å². The normalized spacial score (nSPS) is 10.9. The summed E-state index contributed by atoms with van der Waals surface area (Å²) in [6.07, 6.45) is 0.762. The van der Waals surface area contributed by atoms with E-state index in [0.29, 0.717) is 12.1 Å². The number of para-hydroxylation sites is 1. The highest BCUT2D eigenvalue weighted by atomic mass is 32.2. The molecule has 0 heterocycles. The first-order valence-electron chi connectivity index (χ1n) is 10.2. The van der Waals surface area contributed by atoms with E-state index in [2.05, 4.69) is 14.9 Å². The van der Waals surface area contributed by atoms with E-state index in [9.17, 15) is 23.3 Å². The van der Waals surface area contributed by atoms with Crippen LogP contribution in [0.2, 0.25) is 0 Å². The summed E-state index contributed by atoms with van der Waals surface area (Å²) in [5.41, 5.74) is 1.42. The van der Waals surface area contributed by atoms with Crippen LogP contribution in [0.5, 0.6) is 0 Å². The summed E-state index contributed by atoms with van der Waals surface area (Å²) in [5, 5.41) is 13.7. The van der Waals surface area contributed by atoms with Gasteiger partial charge >= 0.3 is 0 Å². The van der Waals surface area contributed by atoms with Crippen LogP contribution >= 0.6 is 0 Å². The number of carbonyl (C=O) groups is 1. The van der Waals surface area contributed by atoms with E-state index in [4.69, 9.17) is 0 Å². The number of nitrogens with zero attached hydrogens (tertiary/aromatic N) is 2. The van der Waals surface area contributed by atoms with Crippen molar-refractivity contribution >= 4 is 33.0 Å². The summed E-state index contributed by atoms with van der Waals surface area (Å²) < 4.78 is 27.4. The minimum Gasteiger partial charge on any atom is -0.375 e. The second-order valence-electron chi connectivity index (χ2n) is 7.30. The molecule has 0 bridgehead atoms. The summed E-state index contributed by atoms with van der Waals surface area (Å²) >= 11 is 0. The lowest BCUT2D eigenvalue weighted by molar-refractivity contribution is -0.385. The van der Waals surface area contributed by atoms with Crippen molar-refractivity contribution in [2.75, 3.05) is 29.8 Å². The second-order valence-corrected chi connectivity index (χ2v) is 8.99.